The number of para-hydroxylation sites is 1. The summed E-state index contributed by atoms with van der Waals surface area (Å²) in [6.07, 6.45) is 1.60. The van der Waals surface area contributed by atoms with Crippen molar-refractivity contribution in [3.8, 4) is 17.6 Å². The molecule has 0 radical (unpaired) electrons. The fourth-order valence-corrected chi connectivity index (χ4v) is 2.19. The van der Waals surface area contributed by atoms with Gasteiger partial charge < -0.3 is 15.0 Å². The Morgan fingerprint density at radius 1 is 1.30 bits per heavy atom. The van der Waals surface area contributed by atoms with Gasteiger partial charge in [-0.05, 0) is 30.3 Å². The van der Waals surface area contributed by atoms with Gasteiger partial charge in [0.15, 0.2) is 0 Å². The molecule has 0 spiro atoms. The van der Waals surface area contributed by atoms with E-state index in [9.17, 15) is 4.79 Å². The monoisotopic (exact) mass is 305 g/mol. The van der Waals surface area contributed by atoms with Crippen LogP contribution in [-0.2, 0) is 0 Å². The summed E-state index contributed by atoms with van der Waals surface area (Å²) in [4.78, 5) is 19.2. The van der Waals surface area contributed by atoms with Gasteiger partial charge in [-0.1, -0.05) is 24.0 Å². The molecule has 0 saturated heterocycles. The van der Waals surface area contributed by atoms with E-state index >= 15 is 0 Å². The summed E-state index contributed by atoms with van der Waals surface area (Å²) in [7, 11) is 1.61. The van der Waals surface area contributed by atoms with Gasteiger partial charge in [0.05, 0.1) is 36.6 Å². The summed E-state index contributed by atoms with van der Waals surface area (Å²) in [5.41, 5.74) is 3.03. The van der Waals surface area contributed by atoms with Gasteiger partial charge in [-0.15, -0.1) is 0 Å². The van der Waals surface area contributed by atoms with E-state index in [0.29, 0.717) is 5.56 Å². The Morgan fingerprint density at radius 3 is 3.04 bits per heavy atom. The second kappa shape index (κ2) is 6.67. The van der Waals surface area contributed by atoms with Crippen LogP contribution in [0, 0.1) is 11.8 Å². The molecule has 0 bridgehead atoms. The molecule has 0 aliphatic carbocycles. The first kappa shape index (κ1) is 14.7. The van der Waals surface area contributed by atoms with E-state index in [1.807, 2.05) is 24.3 Å². The number of H-pyrrole nitrogens is 1. The topological polar surface area (TPSA) is 67.0 Å². The first-order valence-corrected chi connectivity index (χ1v) is 7.11. The highest BCUT2D eigenvalue weighted by atomic mass is 16.5. The van der Waals surface area contributed by atoms with Crippen LogP contribution in [-0.4, -0.2) is 29.5 Å². The van der Waals surface area contributed by atoms with Crippen molar-refractivity contribution >= 4 is 16.9 Å². The van der Waals surface area contributed by atoms with E-state index in [0.717, 1.165) is 22.3 Å². The van der Waals surface area contributed by atoms with Crippen molar-refractivity contribution in [1.82, 2.24) is 15.3 Å². The lowest BCUT2D eigenvalue weighted by Gasteiger charge is -2.02. The molecule has 0 unspecified atom stereocenters. The lowest BCUT2D eigenvalue weighted by molar-refractivity contribution is 0.0959. The first-order chi connectivity index (χ1) is 11.3. The fourth-order valence-electron chi connectivity index (χ4n) is 2.19. The van der Waals surface area contributed by atoms with Crippen molar-refractivity contribution in [3.05, 3.63) is 59.9 Å². The molecule has 114 valence electrons. The average molecular weight is 305 g/mol. The molecule has 5 nitrogen and oxygen atoms in total. The third-order valence-corrected chi connectivity index (χ3v) is 3.35. The summed E-state index contributed by atoms with van der Waals surface area (Å²) < 4.78 is 5.23. The molecular formula is C18H15N3O2. The van der Waals surface area contributed by atoms with Gasteiger partial charge in [0.2, 0.25) is 0 Å². The van der Waals surface area contributed by atoms with Gasteiger partial charge in [-0.2, -0.15) is 0 Å². The first-order valence-electron chi connectivity index (χ1n) is 7.11. The standard InChI is InChI=1S/C18H15N3O2/c1-23-17-7-3-2-5-13(17)6-4-10-19-18(22)14-8-9-15-16(11-14)21-12-20-15/h2-3,5,7-9,11-12H,10H2,1H3,(H,19,22)(H,20,21). The van der Waals surface area contributed by atoms with Crippen molar-refractivity contribution in [2.75, 3.05) is 13.7 Å². The molecule has 1 aromatic heterocycles. The van der Waals surface area contributed by atoms with Crippen LogP contribution in [0.25, 0.3) is 11.0 Å². The van der Waals surface area contributed by atoms with E-state index in [-0.39, 0.29) is 12.5 Å². The zero-order valence-corrected chi connectivity index (χ0v) is 12.6. The van der Waals surface area contributed by atoms with Crippen LogP contribution in [0.2, 0.25) is 0 Å². The number of fused-ring (bicyclic) bond motifs is 1. The van der Waals surface area contributed by atoms with Crippen LogP contribution in [0.1, 0.15) is 15.9 Å². The Bertz CT molecular complexity index is 903. The van der Waals surface area contributed by atoms with Gasteiger partial charge in [0, 0.05) is 5.56 Å². The average Bonchev–Trinajstić information content (AvgIpc) is 3.06. The van der Waals surface area contributed by atoms with Crippen molar-refractivity contribution in [3.63, 3.8) is 0 Å². The highest BCUT2D eigenvalue weighted by molar-refractivity contribution is 5.97. The molecule has 1 amide bonds. The molecule has 2 aromatic carbocycles. The van der Waals surface area contributed by atoms with Crippen molar-refractivity contribution in [2.24, 2.45) is 0 Å². The van der Waals surface area contributed by atoms with E-state index in [4.69, 9.17) is 4.74 Å². The Kier molecular flexibility index (Phi) is 4.25. The highest BCUT2D eigenvalue weighted by Gasteiger charge is 2.06. The molecule has 3 rings (SSSR count). The molecule has 0 saturated carbocycles. The number of benzene rings is 2. The third kappa shape index (κ3) is 3.33. The lowest BCUT2D eigenvalue weighted by Crippen LogP contribution is -2.23. The minimum absolute atomic E-state index is 0.171. The number of nitrogens with zero attached hydrogens (tertiary/aromatic N) is 1. The number of hydrogen-bond acceptors (Lipinski definition) is 3. The number of rotatable bonds is 3. The largest absolute Gasteiger partial charge is 0.495 e. The van der Waals surface area contributed by atoms with E-state index < -0.39 is 0 Å². The van der Waals surface area contributed by atoms with Crippen LogP contribution < -0.4 is 10.1 Å². The minimum Gasteiger partial charge on any atom is -0.495 e. The van der Waals surface area contributed by atoms with Crippen LogP contribution >= 0.6 is 0 Å². The number of methoxy groups -OCH3 is 1. The van der Waals surface area contributed by atoms with Crippen LogP contribution in [0.15, 0.2) is 48.8 Å². The fraction of sp³-hybridized carbons (Fsp3) is 0.111. The van der Waals surface area contributed by atoms with Crippen LogP contribution in [0.3, 0.4) is 0 Å². The van der Waals surface area contributed by atoms with E-state index in [1.165, 1.54) is 0 Å². The van der Waals surface area contributed by atoms with E-state index in [1.54, 1.807) is 31.6 Å². The number of hydrogen-bond donors (Lipinski definition) is 2. The smallest absolute Gasteiger partial charge is 0.252 e. The second-order valence-electron chi connectivity index (χ2n) is 4.82. The van der Waals surface area contributed by atoms with Gasteiger partial charge >= 0.3 is 0 Å². The quantitative estimate of drug-likeness (QED) is 0.730. The number of nitrogens with one attached hydrogen (secondary N) is 2. The normalized spacial score (nSPS) is 9.96. The maximum atomic E-state index is 12.1. The van der Waals surface area contributed by atoms with Crippen molar-refractivity contribution in [1.29, 1.82) is 0 Å². The number of carbonyl (C=O) groups is 1. The summed E-state index contributed by atoms with van der Waals surface area (Å²) in [5, 5.41) is 2.78. The molecule has 0 aliphatic heterocycles. The van der Waals surface area contributed by atoms with Gasteiger partial charge in [0.1, 0.15) is 5.75 Å². The summed E-state index contributed by atoms with van der Waals surface area (Å²) in [5.74, 6) is 6.47. The zero-order chi connectivity index (χ0) is 16.1. The van der Waals surface area contributed by atoms with E-state index in [2.05, 4.69) is 27.1 Å². The molecule has 5 heteroatoms. The Balaban J connectivity index is 1.64. The van der Waals surface area contributed by atoms with Crippen LogP contribution in [0.5, 0.6) is 5.75 Å². The predicted molar refractivity (Wildman–Crippen MR) is 88.3 cm³/mol. The van der Waals surface area contributed by atoms with Gasteiger partial charge in [-0.25, -0.2) is 4.98 Å². The number of imidazole rings is 1. The molecule has 2 N–H and O–H groups in total. The summed E-state index contributed by atoms with van der Waals surface area (Å²) >= 11 is 0. The Hall–Kier alpha value is -3.26. The molecule has 3 aromatic rings. The Labute approximate surface area is 133 Å². The maximum absolute atomic E-state index is 12.1. The highest BCUT2D eigenvalue weighted by Crippen LogP contribution is 2.15. The minimum atomic E-state index is -0.171. The molecular weight excluding hydrogens is 290 g/mol. The summed E-state index contributed by atoms with van der Waals surface area (Å²) in [6.45, 7) is 0.262. The Morgan fingerprint density at radius 2 is 2.17 bits per heavy atom. The molecule has 0 atom stereocenters. The SMILES string of the molecule is COc1ccccc1C#CCNC(=O)c1ccc2nc[nH]c2c1. The second-order valence-corrected chi connectivity index (χ2v) is 4.82. The number of aromatic amines is 1. The maximum Gasteiger partial charge on any atom is 0.252 e. The zero-order valence-electron chi connectivity index (χ0n) is 12.6. The number of aromatic nitrogens is 2. The molecule has 0 fully saturated rings. The third-order valence-electron chi connectivity index (χ3n) is 3.35. The lowest BCUT2D eigenvalue weighted by atomic mass is 10.2. The number of ether oxygens (including phenoxy) is 1. The van der Waals surface area contributed by atoms with Gasteiger partial charge in [0.25, 0.3) is 5.91 Å². The number of carbonyl (C=O) groups excluding carboxylic acids is 1. The summed E-state index contributed by atoms with van der Waals surface area (Å²) in [6, 6.07) is 12.8. The van der Waals surface area contributed by atoms with Crippen molar-refractivity contribution < 1.29 is 9.53 Å². The molecule has 23 heavy (non-hydrogen) atoms. The van der Waals surface area contributed by atoms with Crippen LogP contribution in [0.4, 0.5) is 0 Å². The number of amides is 1. The predicted octanol–water partition coefficient (Wildman–Crippen LogP) is 2.35. The molecule has 1 heterocycles. The van der Waals surface area contributed by atoms with Gasteiger partial charge in [-0.3, -0.25) is 4.79 Å². The molecule has 0 aliphatic rings. The van der Waals surface area contributed by atoms with Crippen molar-refractivity contribution in [2.45, 2.75) is 0 Å².